The lowest BCUT2D eigenvalue weighted by Gasteiger charge is -2.29. The van der Waals surface area contributed by atoms with Crippen LogP contribution in [-0.4, -0.2) is 36.6 Å². The number of hydrogen-bond donors (Lipinski definition) is 2. The molecule has 0 aliphatic heterocycles. The Kier molecular flexibility index (Phi) is 9.75. The summed E-state index contributed by atoms with van der Waals surface area (Å²) in [5.74, 6) is -0.529. The van der Waals surface area contributed by atoms with Crippen LogP contribution < -0.4 is 10.6 Å². The number of carbonyl (C=O) groups excluding carboxylic acids is 3. The van der Waals surface area contributed by atoms with Gasteiger partial charge in [-0.3, -0.25) is 19.3 Å². The van der Waals surface area contributed by atoms with E-state index in [4.69, 9.17) is 0 Å². The standard InChI is InChI=1S/C29H33N3O3/c1-3-4-12-19-32(2)27(29(35)30-20-22-13-6-5-7-14-22)24-16-9-10-17-25(24)28(34)31-26-18-11-8-15-23(26)21-33/h5-11,13-18,21,27H,3-4,12,19-20H2,1-2H3,(H,30,35)(H,31,34). The van der Waals surface area contributed by atoms with Crippen molar-refractivity contribution in [3.63, 3.8) is 0 Å². The fourth-order valence-corrected chi connectivity index (χ4v) is 4.05. The van der Waals surface area contributed by atoms with Crippen LogP contribution in [0, 0.1) is 0 Å². The number of likely N-dealkylation sites (N-methyl/N-ethyl adjacent to an activating group) is 1. The summed E-state index contributed by atoms with van der Waals surface area (Å²) in [7, 11) is 1.92. The SMILES string of the molecule is CCCCCN(C)C(C(=O)NCc1ccccc1)c1ccccc1C(=O)Nc1ccccc1C=O. The van der Waals surface area contributed by atoms with Gasteiger partial charge in [-0.25, -0.2) is 0 Å². The minimum absolute atomic E-state index is 0.165. The van der Waals surface area contributed by atoms with Gasteiger partial charge in [0.15, 0.2) is 6.29 Å². The van der Waals surface area contributed by atoms with Gasteiger partial charge in [0.25, 0.3) is 5.91 Å². The first-order valence-electron chi connectivity index (χ1n) is 12.0. The van der Waals surface area contributed by atoms with Crippen molar-refractivity contribution in [3.8, 4) is 0 Å². The van der Waals surface area contributed by atoms with Crippen molar-refractivity contribution in [1.29, 1.82) is 0 Å². The molecule has 1 unspecified atom stereocenters. The summed E-state index contributed by atoms with van der Waals surface area (Å²) in [6.45, 7) is 3.27. The van der Waals surface area contributed by atoms with E-state index in [0.717, 1.165) is 31.4 Å². The Morgan fingerprint density at radius 1 is 0.914 bits per heavy atom. The smallest absolute Gasteiger partial charge is 0.256 e. The van der Waals surface area contributed by atoms with E-state index in [1.54, 1.807) is 36.4 Å². The zero-order valence-corrected chi connectivity index (χ0v) is 20.4. The molecular weight excluding hydrogens is 438 g/mol. The van der Waals surface area contributed by atoms with Crippen molar-refractivity contribution in [3.05, 3.63) is 101 Å². The van der Waals surface area contributed by atoms with E-state index in [2.05, 4.69) is 17.6 Å². The number of amides is 2. The molecule has 0 heterocycles. The summed E-state index contributed by atoms with van der Waals surface area (Å²) in [4.78, 5) is 40.2. The van der Waals surface area contributed by atoms with Gasteiger partial charge >= 0.3 is 0 Å². The second-order valence-electron chi connectivity index (χ2n) is 8.54. The molecule has 182 valence electrons. The minimum atomic E-state index is -0.640. The first kappa shape index (κ1) is 25.8. The highest BCUT2D eigenvalue weighted by molar-refractivity contribution is 6.08. The Hall–Kier alpha value is -3.77. The predicted molar refractivity (Wildman–Crippen MR) is 139 cm³/mol. The maximum Gasteiger partial charge on any atom is 0.256 e. The topological polar surface area (TPSA) is 78.5 Å². The molecule has 3 rings (SSSR count). The van der Waals surface area contributed by atoms with Gasteiger partial charge in [0.1, 0.15) is 6.04 Å². The third kappa shape index (κ3) is 7.11. The number of nitrogens with zero attached hydrogens (tertiary/aromatic N) is 1. The molecule has 0 spiro atoms. The molecule has 0 aliphatic rings. The van der Waals surface area contributed by atoms with Crippen molar-refractivity contribution < 1.29 is 14.4 Å². The molecule has 2 amide bonds. The lowest BCUT2D eigenvalue weighted by Crippen LogP contribution is -2.40. The lowest BCUT2D eigenvalue weighted by atomic mass is 9.97. The zero-order chi connectivity index (χ0) is 25.0. The second-order valence-corrected chi connectivity index (χ2v) is 8.54. The summed E-state index contributed by atoms with van der Waals surface area (Å²) in [5.41, 5.74) is 2.86. The Morgan fingerprint density at radius 3 is 2.34 bits per heavy atom. The third-order valence-corrected chi connectivity index (χ3v) is 5.95. The van der Waals surface area contributed by atoms with Crippen molar-refractivity contribution in [2.24, 2.45) is 0 Å². The number of hydrogen-bond acceptors (Lipinski definition) is 4. The molecule has 0 aromatic heterocycles. The Bertz CT molecular complexity index is 1130. The molecule has 3 aromatic rings. The van der Waals surface area contributed by atoms with Crippen molar-refractivity contribution in [2.75, 3.05) is 18.9 Å². The molecule has 0 saturated carbocycles. The zero-order valence-electron chi connectivity index (χ0n) is 20.4. The number of benzene rings is 3. The van der Waals surface area contributed by atoms with E-state index in [-0.39, 0.29) is 11.8 Å². The number of para-hydroxylation sites is 1. The first-order valence-corrected chi connectivity index (χ1v) is 12.0. The summed E-state index contributed by atoms with van der Waals surface area (Å²) in [6, 6.07) is 23.1. The maximum absolute atomic E-state index is 13.5. The van der Waals surface area contributed by atoms with Crippen LogP contribution in [0.4, 0.5) is 5.69 Å². The summed E-state index contributed by atoms with van der Waals surface area (Å²) < 4.78 is 0. The molecule has 0 saturated heterocycles. The summed E-state index contributed by atoms with van der Waals surface area (Å²) in [6.07, 6.45) is 3.81. The van der Waals surface area contributed by atoms with Crippen LogP contribution in [0.1, 0.15) is 64.1 Å². The highest BCUT2D eigenvalue weighted by Crippen LogP contribution is 2.26. The van der Waals surface area contributed by atoms with Crippen LogP contribution in [0.25, 0.3) is 0 Å². The van der Waals surface area contributed by atoms with E-state index in [0.29, 0.717) is 35.2 Å². The summed E-state index contributed by atoms with van der Waals surface area (Å²) in [5, 5.41) is 5.88. The van der Waals surface area contributed by atoms with Gasteiger partial charge in [0.2, 0.25) is 5.91 Å². The van der Waals surface area contributed by atoms with Crippen molar-refractivity contribution >= 4 is 23.8 Å². The van der Waals surface area contributed by atoms with Crippen LogP contribution in [-0.2, 0) is 11.3 Å². The molecule has 0 aliphatic carbocycles. The number of rotatable bonds is 12. The van der Waals surface area contributed by atoms with Crippen LogP contribution in [0.15, 0.2) is 78.9 Å². The Balaban J connectivity index is 1.89. The molecule has 0 radical (unpaired) electrons. The quantitative estimate of drug-likeness (QED) is 0.280. The average molecular weight is 472 g/mol. The van der Waals surface area contributed by atoms with Crippen molar-refractivity contribution in [2.45, 2.75) is 38.8 Å². The molecule has 2 N–H and O–H groups in total. The molecule has 0 fully saturated rings. The number of anilines is 1. The van der Waals surface area contributed by atoms with Gasteiger partial charge in [-0.15, -0.1) is 0 Å². The third-order valence-electron chi connectivity index (χ3n) is 5.95. The fraction of sp³-hybridized carbons (Fsp3) is 0.276. The van der Waals surface area contributed by atoms with E-state index < -0.39 is 6.04 Å². The second kappa shape index (κ2) is 13.2. The van der Waals surface area contributed by atoms with Crippen LogP contribution >= 0.6 is 0 Å². The number of unbranched alkanes of at least 4 members (excludes halogenated alkanes) is 2. The molecule has 6 heteroatoms. The van der Waals surface area contributed by atoms with Crippen molar-refractivity contribution in [1.82, 2.24) is 10.2 Å². The van der Waals surface area contributed by atoms with E-state index in [1.807, 2.05) is 54.4 Å². The molecule has 1 atom stereocenters. The van der Waals surface area contributed by atoms with E-state index in [1.165, 1.54) is 0 Å². The van der Waals surface area contributed by atoms with Gasteiger partial charge in [0.05, 0.1) is 5.69 Å². The lowest BCUT2D eigenvalue weighted by molar-refractivity contribution is -0.126. The molecular formula is C29H33N3O3. The monoisotopic (exact) mass is 471 g/mol. The van der Waals surface area contributed by atoms with Crippen LogP contribution in [0.5, 0.6) is 0 Å². The van der Waals surface area contributed by atoms with Gasteiger partial charge in [-0.1, -0.05) is 80.4 Å². The van der Waals surface area contributed by atoms with Crippen LogP contribution in [0.3, 0.4) is 0 Å². The predicted octanol–water partition coefficient (Wildman–Crippen LogP) is 5.23. The minimum Gasteiger partial charge on any atom is -0.350 e. The van der Waals surface area contributed by atoms with Crippen LogP contribution in [0.2, 0.25) is 0 Å². The normalized spacial score (nSPS) is 11.6. The van der Waals surface area contributed by atoms with Gasteiger partial charge in [-0.05, 0) is 49.3 Å². The molecule has 0 bridgehead atoms. The molecule has 35 heavy (non-hydrogen) atoms. The highest BCUT2D eigenvalue weighted by atomic mass is 16.2. The average Bonchev–Trinajstić information content (AvgIpc) is 2.89. The Morgan fingerprint density at radius 2 is 1.60 bits per heavy atom. The molecule has 6 nitrogen and oxygen atoms in total. The highest BCUT2D eigenvalue weighted by Gasteiger charge is 2.29. The maximum atomic E-state index is 13.5. The Labute approximate surface area is 207 Å². The fourth-order valence-electron chi connectivity index (χ4n) is 4.05. The first-order chi connectivity index (χ1) is 17.0. The number of nitrogens with one attached hydrogen (secondary N) is 2. The molecule has 3 aromatic carbocycles. The summed E-state index contributed by atoms with van der Waals surface area (Å²) >= 11 is 0. The van der Waals surface area contributed by atoms with E-state index in [9.17, 15) is 14.4 Å². The van der Waals surface area contributed by atoms with E-state index >= 15 is 0 Å². The van der Waals surface area contributed by atoms with Gasteiger partial charge in [0, 0.05) is 17.7 Å². The largest absolute Gasteiger partial charge is 0.350 e. The number of aldehydes is 1. The van der Waals surface area contributed by atoms with Gasteiger partial charge in [-0.2, -0.15) is 0 Å². The number of carbonyl (C=O) groups is 3. The van der Waals surface area contributed by atoms with Gasteiger partial charge < -0.3 is 10.6 Å².